The second-order valence-electron chi connectivity index (χ2n) is 8.22. The van der Waals surface area contributed by atoms with Crippen LogP contribution >= 0.6 is 0 Å². The monoisotopic (exact) mass is 359 g/mol. The molecule has 0 aromatic carbocycles. The van der Waals surface area contributed by atoms with Crippen LogP contribution in [-0.2, 0) is 4.74 Å². The van der Waals surface area contributed by atoms with E-state index in [0.29, 0.717) is 6.04 Å². The van der Waals surface area contributed by atoms with Crippen LogP contribution in [0.5, 0.6) is 5.75 Å². The first kappa shape index (κ1) is 18.1. The van der Waals surface area contributed by atoms with Crippen LogP contribution in [0.1, 0.15) is 44.9 Å². The van der Waals surface area contributed by atoms with E-state index in [9.17, 15) is 0 Å². The van der Waals surface area contributed by atoms with Crippen LogP contribution < -0.4 is 15.0 Å². The second kappa shape index (κ2) is 9.05. The number of ether oxygens (including phenoxy) is 2. The van der Waals surface area contributed by atoms with E-state index < -0.39 is 0 Å². The summed E-state index contributed by atoms with van der Waals surface area (Å²) in [5.41, 5.74) is 1.20. The highest BCUT2D eigenvalue weighted by atomic mass is 16.5. The molecule has 1 aromatic heterocycles. The lowest BCUT2D eigenvalue weighted by Crippen LogP contribution is -2.34. The third-order valence-corrected chi connectivity index (χ3v) is 6.01. The fourth-order valence-electron chi connectivity index (χ4n) is 4.02. The molecule has 3 aliphatic rings. The fraction of sp³-hybridized carbons (Fsp3) is 0.762. The number of anilines is 1. The summed E-state index contributed by atoms with van der Waals surface area (Å²) in [7, 11) is 0. The summed E-state index contributed by atoms with van der Waals surface area (Å²) in [6, 6.07) is 2.65. The van der Waals surface area contributed by atoms with Crippen LogP contribution in [0.4, 0.5) is 5.69 Å². The van der Waals surface area contributed by atoms with E-state index in [1.807, 2.05) is 12.4 Å². The summed E-state index contributed by atoms with van der Waals surface area (Å²) in [6.45, 7) is 6.03. The first-order chi connectivity index (χ1) is 12.9. The smallest absolute Gasteiger partial charge is 0.139 e. The SMILES string of the molecule is c1ncc(N2CCC(CCOCC3CC3)CC2)cc1OC[C@@H]1CCCN1. The van der Waals surface area contributed by atoms with Crippen molar-refractivity contribution >= 4 is 5.69 Å². The zero-order valence-electron chi connectivity index (χ0n) is 15.9. The van der Waals surface area contributed by atoms with Crippen molar-refractivity contribution < 1.29 is 9.47 Å². The maximum Gasteiger partial charge on any atom is 0.139 e. The van der Waals surface area contributed by atoms with Crippen molar-refractivity contribution in [1.29, 1.82) is 0 Å². The Morgan fingerprint density at radius 3 is 2.69 bits per heavy atom. The molecule has 0 spiro atoms. The molecule has 1 N–H and O–H groups in total. The zero-order valence-corrected chi connectivity index (χ0v) is 15.9. The lowest BCUT2D eigenvalue weighted by molar-refractivity contribution is 0.107. The number of hydrogen-bond acceptors (Lipinski definition) is 5. The zero-order chi connectivity index (χ0) is 17.6. The lowest BCUT2D eigenvalue weighted by atomic mass is 9.94. The average Bonchev–Trinajstić information content (AvgIpc) is 3.36. The molecule has 1 aromatic rings. The number of rotatable bonds is 9. The van der Waals surface area contributed by atoms with Gasteiger partial charge in [0, 0.05) is 38.4 Å². The molecular formula is C21H33N3O2. The van der Waals surface area contributed by atoms with Crippen LogP contribution in [0.2, 0.25) is 0 Å². The van der Waals surface area contributed by atoms with E-state index in [-0.39, 0.29) is 0 Å². The predicted molar refractivity (Wildman–Crippen MR) is 104 cm³/mol. The summed E-state index contributed by atoms with van der Waals surface area (Å²) in [5.74, 6) is 2.58. The van der Waals surface area contributed by atoms with Gasteiger partial charge < -0.3 is 19.7 Å². The number of nitrogens with zero attached hydrogens (tertiary/aromatic N) is 2. The van der Waals surface area contributed by atoms with Gasteiger partial charge in [-0.25, -0.2) is 0 Å². The molecule has 26 heavy (non-hydrogen) atoms. The van der Waals surface area contributed by atoms with E-state index in [1.165, 1.54) is 50.6 Å². The molecule has 2 saturated heterocycles. The number of hydrogen-bond donors (Lipinski definition) is 1. The van der Waals surface area contributed by atoms with Crippen molar-refractivity contribution in [2.75, 3.05) is 44.4 Å². The standard InChI is InChI=1S/C21H33N3O2/c1-2-19(23-8-1)16-26-21-12-20(13-22-14-21)24-9-5-17(6-10-24)7-11-25-15-18-3-4-18/h12-14,17-19,23H,1-11,15-16H2/t19-/m0/s1. The van der Waals surface area contributed by atoms with Crippen molar-refractivity contribution in [3.63, 3.8) is 0 Å². The Labute approximate surface area is 157 Å². The van der Waals surface area contributed by atoms with Crippen LogP contribution in [0, 0.1) is 11.8 Å². The summed E-state index contributed by atoms with van der Waals surface area (Å²) in [4.78, 5) is 6.85. The maximum absolute atomic E-state index is 5.96. The Balaban J connectivity index is 1.18. The third kappa shape index (κ3) is 5.34. The van der Waals surface area contributed by atoms with Crippen LogP contribution in [0.15, 0.2) is 18.5 Å². The van der Waals surface area contributed by atoms with E-state index in [4.69, 9.17) is 9.47 Å². The van der Waals surface area contributed by atoms with Gasteiger partial charge in [0.2, 0.25) is 0 Å². The minimum absolute atomic E-state index is 0.497. The first-order valence-electron chi connectivity index (χ1n) is 10.5. The summed E-state index contributed by atoms with van der Waals surface area (Å²) in [5, 5.41) is 3.47. The molecule has 2 aliphatic heterocycles. The van der Waals surface area contributed by atoms with Crippen molar-refractivity contribution in [1.82, 2.24) is 10.3 Å². The Morgan fingerprint density at radius 2 is 1.92 bits per heavy atom. The summed E-state index contributed by atoms with van der Waals surface area (Å²) < 4.78 is 11.8. The van der Waals surface area contributed by atoms with Gasteiger partial charge in [-0.1, -0.05) is 0 Å². The molecule has 5 heteroatoms. The predicted octanol–water partition coefficient (Wildman–Crippen LogP) is 3.25. The first-order valence-corrected chi connectivity index (χ1v) is 10.5. The van der Waals surface area contributed by atoms with Gasteiger partial charge in [0.25, 0.3) is 0 Å². The summed E-state index contributed by atoms with van der Waals surface area (Å²) >= 11 is 0. The normalized spacial score (nSPS) is 24.2. The molecule has 144 valence electrons. The highest BCUT2D eigenvalue weighted by Gasteiger charge is 2.23. The van der Waals surface area contributed by atoms with Gasteiger partial charge in [-0.3, -0.25) is 4.98 Å². The molecule has 0 bridgehead atoms. The third-order valence-electron chi connectivity index (χ3n) is 6.01. The van der Waals surface area contributed by atoms with Crippen LogP contribution in [0.3, 0.4) is 0 Å². The van der Waals surface area contributed by atoms with E-state index >= 15 is 0 Å². The van der Waals surface area contributed by atoms with Crippen molar-refractivity contribution in [3.05, 3.63) is 18.5 Å². The molecule has 3 fully saturated rings. The lowest BCUT2D eigenvalue weighted by Gasteiger charge is -2.33. The quantitative estimate of drug-likeness (QED) is 0.686. The largest absolute Gasteiger partial charge is 0.490 e. The molecule has 1 saturated carbocycles. The number of aromatic nitrogens is 1. The molecule has 0 unspecified atom stereocenters. The molecule has 1 aliphatic carbocycles. The summed E-state index contributed by atoms with van der Waals surface area (Å²) in [6.07, 6.45) is 12.8. The van der Waals surface area contributed by atoms with E-state index in [2.05, 4.69) is 21.3 Å². The van der Waals surface area contributed by atoms with Gasteiger partial charge in [-0.05, 0) is 63.3 Å². The average molecular weight is 360 g/mol. The molecule has 5 nitrogen and oxygen atoms in total. The Bertz CT molecular complexity index is 550. The molecule has 4 rings (SSSR count). The van der Waals surface area contributed by atoms with Crippen LogP contribution in [-0.4, -0.2) is 50.5 Å². The second-order valence-corrected chi connectivity index (χ2v) is 8.22. The molecule has 0 radical (unpaired) electrons. The molecule has 0 amide bonds. The van der Waals surface area contributed by atoms with Gasteiger partial charge >= 0.3 is 0 Å². The van der Waals surface area contributed by atoms with Crippen LogP contribution in [0.25, 0.3) is 0 Å². The van der Waals surface area contributed by atoms with Gasteiger partial charge in [-0.15, -0.1) is 0 Å². The van der Waals surface area contributed by atoms with Crippen molar-refractivity contribution in [2.24, 2.45) is 11.8 Å². The van der Waals surface area contributed by atoms with Gasteiger partial charge in [-0.2, -0.15) is 0 Å². The molecule has 1 atom stereocenters. The Kier molecular flexibility index (Phi) is 6.28. The highest BCUT2D eigenvalue weighted by molar-refractivity contribution is 5.48. The topological polar surface area (TPSA) is 46.6 Å². The minimum Gasteiger partial charge on any atom is -0.490 e. The maximum atomic E-state index is 5.96. The minimum atomic E-state index is 0.497. The van der Waals surface area contributed by atoms with E-state index in [1.54, 1.807) is 0 Å². The van der Waals surface area contributed by atoms with Gasteiger partial charge in [0.1, 0.15) is 12.4 Å². The molecule has 3 heterocycles. The Hall–Kier alpha value is -1.33. The van der Waals surface area contributed by atoms with Crippen molar-refractivity contribution in [3.8, 4) is 5.75 Å². The fourth-order valence-corrected chi connectivity index (χ4v) is 4.02. The highest BCUT2D eigenvalue weighted by Crippen LogP contribution is 2.30. The number of piperidine rings is 1. The van der Waals surface area contributed by atoms with Crippen molar-refractivity contribution in [2.45, 2.75) is 51.0 Å². The van der Waals surface area contributed by atoms with Gasteiger partial charge in [0.05, 0.1) is 18.1 Å². The van der Waals surface area contributed by atoms with Gasteiger partial charge in [0.15, 0.2) is 0 Å². The van der Waals surface area contributed by atoms with E-state index in [0.717, 1.165) is 57.0 Å². The number of nitrogens with one attached hydrogen (secondary N) is 1. The number of pyridine rings is 1. The molecular weight excluding hydrogens is 326 g/mol. The Morgan fingerprint density at radius 1 is 1.04 bits per heavy atom.